The number of methoxy groups -OCH3 is 1. The highest BCUT2D eigenvalue weighted by Gasteiger charge is 2.18. The molecule has 0 radical (unpaired) electrons. The van der Waals surface area contributed by atoms with Crippen LogP contribution in [0, 0.1) is 0 Å². The first-order chi connectivity index (χ1) is 5.65. The van der Waals surface area contributed by atoms with Crippen LogP contribution in [0.1, 0.15) is 6.42 Å². The van der Waals surface area contributed by atoms with Crippen LogP contribution in [0.3, 0.4) is 0 Å². The molecule has 0 amide bonds. The number of aliphatic hydroxyl groups is 2. The van der Waals surface area contributed by atoms with Gasteiger partial charge in [-0.25, -0.2) is 0 Å². The Kier molecular flexibility index (Phi) is 6.37. The maximum Gasteiger partial charge on any atom is 0.148 e. The van der Waals surface area contributed by atoms with E-state index < -0.39 is 17.5 Å². The van der Waals surface area contributed by atoms with Crippen molar-refractivity contribution in [3.63, 3.8) is 0 Å². The number of hydrogen-bond acceptors (Lipinski definition) is 5. The van der Waals surface area contributed by atoms with Crippen LogP contribution in [0.4, 0.5) is 0 Å². The van der Waals surface area contributed by atoms with Gasteiger partial charge in [0.2, 0.25) is 0 Å². The molecule has 12 heavy (non-hydrogen) atoms. The molecular weight excluding hydrogens is 180 g/mol. The van der Waals surface area contributed by atoms with Crippen molar-refractivity contribution in [2.24, 2.45) is 0 Å². The van der Waals surface area contributed by atoms with E-state index in [9.17, 15) is 9.90 Å². The fourth-order valence-corrected chi connectivity index (χ4v) is 0.846. The van der Waals surface area contributed by atoms with Crippen molar-refractivity contribution < 1.29 is 19.7 Å². The molecule has 0 aromatic rings. The molecule has 3 atom stereocenters. The van der Waals surface area contributed by atoms with E-state index in [2.05, 4.69) is 12.6 Å². The van der Waals surface area contributed by atoms with Gasteiger partial charge in [-0.1, -0.05) is 0 Å². The van der Waals surface area contributed by atoms with E-state index in [-0.39, 0.29) is 13.0 Å². The Labute approximate surface area is 76.9 Å². The van der Waals surface area contributed by atoms with Crippen LogP contribution in [0.5, 0.6) is 0 Å². The zero-order valence-electron chi connectivity index (χ0n) is 6.88. The van der Waals surface area contributed by atoms with Crippen LogP contribution >= 0.6 is 12.6 Å². The predicted molar refractivity (Wildman–Crippen MR) is 47.3 cm³/mol. The molecule has 0 rings (SSSR count). The smallest absolute Gasteiger partial charge is 0.148 e. The first kappa shape index (κ1) is 11.9. The van der Waals surface area contributed by atoms with Crippen LogP contribution in [0.25, 0.3) is 0 Å². The molecule has 72 valence electrons. The summed E-state index contributed by atoms with van der Waals surface area (Å²) in [5, 5.41) is 17.3. The van der Waals surface area contributed by atoms with Crippen LogP contribution in [0.2, 0.25) is 0 Å². The van der Waals surface area contributed by atoms with Gasteiger partial charge in [0, 0.05) is 13.5 Å². The third-order valence-corrected chi connectivity index (χ3v) is 2.07. The molecule has 0 saturated heterocycles. The molecule has 0 unspecified atom stereocenters. The summed E-state index contributed by atoms with van der Waals surface area (Å²) in [7, 11) is 1.39. The van der Waals surface area contributed by atoms with E-state index >= 15 is 0 Å². The van der Waals surface area contributed by atoms with Crippen molar-refractivity contribution in [3.8, 4) is 0 Å². The van der Waals surface area contributed by atoms with Crippen molar-refractivity contribution >= 4 is 18.9 Å². The van der Waals surface area contributed by atoms with Gasteiger partial charge in [-0.2, -0.15) is 12.6 Å². The van der Waals surface area contributed by atoms with Gasteiger partial charge in [0.1, 0.15) is 12.4 Å². The van der Waals surface area contributed by atoms with Crippen molar-refractivity contribution in [1.82, 2.24) is 0 Å². The minimum atomic E-state index is -0.825. The molecule has 0 spiro atoms. The van der Waals surface area contributed by atoms with Gasteiger partial charge in [0.05, 0.1) is 18.0 Å². The zero-order chi connectivity index (χ0) is 9.56. The molecule has 5 heteroatoms. The number of carbonyl (C=O) groups is 1. The van der Waals surface area contributed by atoms with Crippen molar-refractivity contribution in [1.29, 1.82) is 0 Å². The van der Waals surface area contributed by atoms with Crippen LogP contribution in [0.15, 0.2) is 0 Å². The number of rotatable bonds is 6. The van der Waals surface area contributed by atoms with Gasteiger partial charge < -0.3 is 19.7 Å². The highest BCUT2D eigenvalue weighted by Crippen LogP contribution is 2.08. The Morgan fingerprint density at radius 1 is 1.67 bits per heavy atom. The number of thiol groups is 1. The first-order valence-corrected chi connectivity index (χ1v) is 4.12. The van der Waals surface area contributed by atoms with Crippen molar-refractivity contribution in [2.45, 2.75) is 23.9 Å². The van der Waals surface area contributed by atoms with E-state index in [1.807, 2.05) is 0 Å². The lowest BCUT2D eigenvalue weighted by molar-refractivity contribution is -0.118. The Morgan fingerprint density at radius 3 is 2.58 bits per heavy atom. The van der Waals surface area contributed by atoms with E-state index in [1.165, 1.54) is 7.11 Å². The molecule has 0 fully saturated rings. The molecule has 4 nitrogen and oxygen atoms in total. The average Bonchev–Trinajstić information content (AvgIpc) is 2.12. The van der Waals surface area contributed by atoms with Gasteiger partial charge in [-0.15, -0.1) is 0 Å². The number of aldehydes is 1. The van der Waals surface area contributed by atoms with E-state index in [0.29, 0.717) is 6.29 Å². The molecule has 0 aromatic heterocycles. The molecule has 0 bridgehead atoms. The number of carbonyl (C=O) groups excluding carboxylic acids is 1. The molecule has 0 saturated carbocycles. The first-order valence-electron chi connectivity index (χ1n) is 3.60. The van der Waals surface area contributed by atoms with Gasteiger partial charge in [-0.3, -0.25) is 0 Å². The molecule has 0 aliphatic heterocycles. The van der Waals surface area contributed by atoms with E-state index in [0.717, 1.165) is 0 Å². The van der Waals surface area contributed by atoms with Crippen molar-refractivity contribution in [3.05, 3.63) is 0 Å². The summed E-state index contributed by atoms with van der Waals surface area (Å²) in [6.07, 6.45) is -0.676. The third-order valence-electron chi connectivity index (χ3n) is 1.56. The fraction of sp³-hybridized carbons (Fsp3) is 0.857. The van der Waals surface area contributed by atoms with Crippen LogP contribution in [-0.4, -0.2) is 47.7 Å². The zero-order valence-corrected chi connectivity index (χ0v) is 7.78. The average molecular weight is 194 g/mol. The predicted octanol–water partition coefficient (Wildman–Crippen LogP) is -0.758. The number of hydrogen-bond donors (Lipinski definition) is 3. The lowest BCUT2D eigenvalue weighted by Gasteiger charge is -2.18. The largest absolute Gasteiger partial charge is 0.395 e. The third kappa shape index (κ3) is 4.06. The maximum atomic E-state index is 10.3. The maximum absolute atomic E-state index is 10.3. The summed E-state index contributed by atoms with van der Waals surface area (Å²) in [4.78, 5) is 10.3. The van der Waals surface area contributed by atoms with Crippen LogP contribution in [-0.2, 0) is 9.53 Å². The Bertz CT molecular complexity index is 131. The summed E-state index contributed by atoms with van der Waals surface area (Å²) >= 11 is 3.91. The Balaban J connectivity index is 3.79. The van der Waals surface area contributed by atoms with Gasteiger partial charge in [-0.05, 0) is 0 Å². The summed E-state index contributed by atoms with van der Waals surface area (Å²) in [5.74, 6) is 0. The second kappa shape index (κ2) is 6.42. The monoisotopic (exact) mass is 194 g/mol. The highest BCUT2D eigenvalue weighted by atomic mass is 32.1. The summed E-state index contributed by atoms with van der Waals surface area (Å²) in [5.41, 5.74) is 0. The van der Waals surface area contributed by atoms with Gasteiger partial charge in [0.25, 0.3) is 0 Å². The minimum absolute atomic E-state index is 0.161. The summed E-state index contributed by atoms with van der Waals surface area (Å²) < 4.78 is 4.72. The van der Waals surface area contributed by atoms with Gasteiger partial charge in [0.15, 0.2) is 0 Å². The van der Waals surface area contributed by atoms with Gasteiger partial charge >= 0.3 is 0 Å². The SMILES string of the molecule is CO[C@@H](C=O)C[C@H](O)[C@@H](S)CO. The lowest BCUT2D eigenvalue weighted by atomic mass is 10.1. The number of ether oxygens (including phenoxy) is 1. The number of aliphatic hydroxyl groups excluding tert-OH is 2. The van der Waals surface area contributed by atoms with Crippen molar-refractivity contribution in [2.75, 3.05) is 13.7 Å². The topological polar surface area (TPSA) is 66.8 Å². The minimum Gasteiger partial charge on any atom is -0.395 e. The molecule has 0 aliphatic rings. The quantitative estimate of drug-likeness (QED) is 0.384. The second-order valence-electron chi connectivity index (χ2n) is 2.46. The second-order valence-corrected chi connectivity index (χ2v) is 3.13. The molecule has 0 heterocycles. The molecule has 0 aliphatic carbocycles. The van der Waals surface area contributed by atoms with E-state index in [4.69, 9.17) is 9.84 Å². The van der Waals surface area contributed by atoms with Crippen LogP contribution < -0.4 is 0 Å². The fourth-order valence-electron chi connectivity index (χ4n) is 0.724. The summed E-state index contributed by atoms with van der Waals surface area (Å²) in [6.45, 7) is -0.223. The normalized spacial score (nSPS) is 18.3. The summed E-state index contributed by atoms with van der Waals surface area (Å²) in [6, 6.07) is 0. The highest BCUT2D eigenvalue weighted by molar-refractivity contribution is 7.81. The Morgan fingerprint density at radius 2 is 2.25 bits per heavy atom. The molecule has 0 aromatic carbocycles. The van der Waals surface area contributed by atoms with E-state index in [1.54, 1.807) is 0 Å². The standard InChI is InChI=1S/C7H14O4S/c1-11-5(3-8)2-6(10)7(12)4-9/h3,5-7,9-10,12H,2,4H2,1H3/t5-,6+,7+/m1/s1. The Hall–Kier alpha value is -0.100. The molecular formula is C7H14O4S. The molecule has 2 N–H and O–H groups in total. The lowest BCUT2D eigenvalue weighted by Crippen LogP contribution is -2.30.